The van der Waals surface area contributed by atoms with Crippen LogP contribution in [0.1, 0.15) is 18.4 Å². The fourth-order valence-electron chi connectivity index (χ4n) is 3.56. The maximum atomic E-state index is 12.6. The van der Waals surface area contributed by atoms with Crippen LogP contribution in [0.2, 0.25) is 0 Å². The maximum absolute atomic E-state index is 12.6. The van der Waals surface area contributed by atoms with E-state index in [1.54, 1.807) is 4.90 Å². The van der Waals surface area contributed by atoms with Crippen LogP contribution in [-0.4, -0.2) is 47.1 Å². The normalized spacial score (nSPS) is 15.9. The first kappa shape index (κ1) is 19.3. The molecular weight excluding hydrogens is 359 g/mol. The second-order valence-electron chi connectivity index (χ2n) is 6.95. The monoisotopic (exact) mass is 381 g/mol. The van der Waals surface area contributed by atoms with Crippen LogP contribution < -0.4 is 5.32 Å². The van der Waals surface area contributed by atoms with E-state index >= 15 is 0 Å². The molecule has 1 saturated heterocycles. The maximum Gasteiger partial charge on any atom is 0.405 e. The molecule has 1 fully saturated rings. The van der Waals surface area contributed by atoms with E-state index in [1.165, 1.54) is 0 Å². The van der Waals surface area contributed by atoms with Crippen molar-refractivity contribution in [2.45, 2.75) is 25.4 Å². The highest BCUT2D eigenvalue weighted by Crippen LogP contribution is 2.23. The molecule has 8 heteroatoms. The molecule has 0 aliphatic carbocycles. The van der Waals surface area contributed by atoms with Gasteiger partial charge < -0.3 is 14.8 Å². The molecule has 1 aromatic heterocycles. The number of amides is 2. The molecule has 0 radical (unpaired) electrons. The molecule has 1 aliphatic rings. The third-order valence-corrected chi connectivity index (χ3v) is 5.00. The number of aryl methyl sites for hydroxylation is 1. The summed E-state index contributed by atoms with van der Waals surface area (Å²) in [5.74, 6) is -1.09. The number of nitrogens with zero attached hydrogens (tertiary/aromatic N) is 2. The van der Waals surface area contributed by atoms with E-state index in [0.717, 1.165) is 16.5 Å². The summed E-state index contributed by atoms with van der Waals surface area (Å²) in [4.78, 5) is 26.2. The standard InChI is InChI=1S/C19H22F3N3O2/c1-24-11-14(15-4-2-3-5-16(15)24)10-17(26)25-8-6-13(7-9-25)18(27)23-12-19(20,21)22/h2-5,11,13H,6-10,12H2,1H3,(H,23,27). The molecule has 0 spiro atoms. The lowest BCUT2D eigenvalue weighted by molar-refractivity contribution is -0.142. The Morgan fingerprint density at radius 1 is 1.19 bits per heavy atom. The third-order valence-electron chi connectivity index (χ3n) is 5.00. The van der Waals surface area contributed by atoms with Gasteiger partial charge in [-0.1, -0.05) is 18.2 Å². The first-order chi connectivity index (χ1) is 12.7. The molecular formula is C19H22F3N3O2. The molecule has 5 nitrogen and oxygen atoms in total. The lowest BCUT2D eigenvalue weighted by atomic mass is 9.95. The van der Waals surface area contributed by atoms with Crippen molar-refractivity contribution in [3.8, 4) is 0 Å². The minimum absolute atomic E-state index is 0.0273. The smallest absolute Gasteiger partial charge is 0.350 e. The van der Waals surface area contributed by atoms with Crippen LogP contribution in [0.3, 0.4) is 0 Å². The molecule has 0 saturated carbocycles. The molecule has 2 amide bonds. The number of alkyl halides is 3. The van der Waals surface area contributed by atoms with E-state index in [4.69, 9.17) is 0 Å². The number of rotatable bonds is 4. The van der Waals surface area contributed by atoms with Gasteiger partial charge >= 0.3 is 6.18 Å². The Labute approximate surface area is 155 Å². The van der Waals surface area contributed by atoms with Gasteiger partial charge in [0.05, 0.1) is 6.42 Å². The number of para-hydroxylation sites is 1. The highest BCUT2D eigenvalue weighted by molar-refractivity contribution is 5.89. The summed E-state index contributed by atoms with van der Waals surface area (Å²) >= 11 is 0. The highest BCUT2D eigenvalue weighted by atomic mass is 19.4. The number of fused-ring (bicyclic) bond motifs is 1. The Balaban J connectivity index is 1.55. The van der Waals surface area contributed by atoms with E-state index < -0.39 is 24.5 Å². The zero-order valence-electron chi connectivity index (χ0n) is 15.1. The summed E-state index contributed by atoms with van der Waals surface area (Å²) in [6.07, 6.45) is -1.44. The number of aromatic nitrogens is 1. The van der Waals surface area contributed by atoms with Crippen molar-refractivity contribution in [1.82, 2.24) is 14.8 Å². The Hall–Kier alpha value is -2.51. The zero-order chi connectivity index (χ0) is 19.6. The predicted octanol–water partition coefficient (Wildman–Crippen LogP) is 2.64. The molecule has 0 unspecified atom stereocenters. The zero-order valence-corrected chi connectivity index (χ0v) is 15.1. The molecule has 2 aromatic rings. The average molecular weight is 381 g/mol. The summed E-state index contributed by atoms with van der Waals surface area (Å²) in [5.41, 5.74) is 2.00. The van der Waals surface area contributed by atoms with Gasteiger partial charge in [0.25, 0.3) is 0 Å². The van der Waals surface area contributed by atoms with E-state index in [-0.39, 0.29) is 12.3 Å². The number of hydrogen-bond donors (Lipinski definition) is 1. The van der Waals surface area contributed by atoms with Crippen molar-refractivity contribution >= 4 is 22.7 Å². The van der Waals surface area contributed by atoms with Crippen molar-refractivity contribution in [3.63, 3.8) is 0 Å². The first-order valence-electron chi connectivity index (χ1n) is 8.90. The third kappa shape index (κ3) is 4.61. The fraction of sp³-hybridized carbons (Fsp3) is 0.474. The van der Waals surface area contributed by atoms with Crippen molar-refractivity contribution in [2.24, 2.45) is 13.0 Å². The summed E-state index contributed by atoms with van der Waals surface area (Å²) < 4.78 is 38.6. The Morgan fingerprint density at radius 3 is 2.52 bits per heavy atom. The number of nitrogens with one attached hydrogen (secondary N) is 1. The Kier molecular flexibility index (Phi) is 5.43. The first-order valence-corrected chi connectivity index (χ1v) is 8.90. The number of carbonyl (C=O) groups is 2. The van der Waals surface area contributed by atoms with Crippen LogP contribution in [0.5, 0.6) is 0 Å². The number of hydrogen-bond acceptors (Lipinski definition) is 2. The van der Waals surface area contributed by atoms with Crippen LogP contribution in [0, 0.1) is 5.92 Å². The number of carbonyl (C=O) groups excluding carboxylic acids is 2. The number of halogens is 3. The molecule has 2 heterocycles. The van der Waals surface area contributed by atoms with Gasteiger partial charge in [0.15, 0.2) is 0 Å². The van der Waals surface area contributed by atoms with E-state index in [2.05, 4.69) is 0 Å². The molecule has 0 bridgehead atoms. The van der Waals surface area contributed by atoms with Crippen LogP contribution in [0.25, 0.3) is 10.9 Å². The van der Waals surface area contributed by atoms with Crippen LogP contribution in [0.15, 0.2) is 30.5 Å². The van der Waals surface area contributed by atoms with Gasteiger partial charge in [-0.15, -0.1) is 0 Å². The van der Waals surface area contributed by atoms with Crippen LogP contribution >= 0.6 is 0 Å². The summed E-state index contributed by atoms with van der Waals surface area (Å²) in [7, 11) is 1.93. The van der Waals surface area contributed by atoms with Gasteiger partial charge in [-0.3, -0.25) is 9.59 Å². The van der Waals surface area contributed by atoms with Gasteiger partial charge in [-0.25, -0.2) is 0 Å². The van der Waals surface area contributed by atoms with E-state index in [0.29, 0.717) is 25.9 Å². The molecule has 27 heavy (non-hydrogen) atoms. The predicted molar refractivity (Wildman–Crippen MR) is 95.0 cm³/mol. The van der Waals surface area contributed by atoms with Gasteiger partial charge in [0, 0.05) is 43.2 Å². The number of benzene rings is 1. The van der Waals surface area contributed by atoms with Crippen LogP contribution in [0.4, 0.5) is 13.2 Å². The molecule has 3 rings (SSSR count). The van der Waals surface area contributed by atoms with Crippen molar-refractivity contribution in [1.29, 1.82) is 0 Å². The Bertz CT molecular complexity index is 836. The lowest BCUT2D eigenvalue weighted by Gasteiger charge is -2.31. The minimum atomic E-state index is -4.41. The summed E-state index contributed by atoms with van der Waals surface area (Å²) in [5, 5.41) is 2.97. The molecule has 1 aromatic carbocycles. The highest BCUT2D eigenvalue weighted by Gasteiger charge is 2.31. The van der Waals surface area contributed by atoms with E-state index in [9.17, 15) is 22.8 Å². The largest absolute Gasteiger partial charge is 0.405 e. The second kappa shape index (κ2) is 7.62. The molecule has 1 aliphatic heterocycles. The SMILES string of the molecule is Cn1cc(CC(=O)N2CCC(C(=O)NCC(F)(F)F)CC2)c2ccccc21. The van der Waals surface area contributed by atoms with Crippen molar-refractivity contribution in [2.75, 3.05) is 19.6 Å². The summed E-state index contributed by atoms with van der Waals surface area (Å²) in [6.45, 7) is -0.548. The van der Waals surface area contributed by atoms with Crippen molar-refractivity contribution < 1.29 is 22.8 Å². The van der Waals surface area contributed by atoms with Gasteiger partial charge in [0.1, 0.15) is 6.54 Å². The average Bonchev–Trinajstić information content (AvgIpc) is 2.95. The molecule has 1 N–H and O–H groups in total. The minimum Gasteiger partial charge on any atom is -0.350 e. The van der Waals surface area contributed by atoms with Crippen LogP contribution in [-0.2, 0) is 23.1 Å². The molecule has 146 valence electrons. The summed E-state index contributed by atoms with van der Waals surface area (Å²) in [6, 6.07) is 7.85. The Morgan fingerprint density at radius 2 is 1.85 bits per heavy atom. The fourth-order valence-corrected chi connectivity index (χ4v) is 3.56. The number of piperidine rings is 1. The topological polar surface area (TPSA) is 54.3 Å². The lowest BCUT2D eigenvalue weighted by Crippen LogP contribution is -2.45. The quantitative estimate of drug-likeness (QED) is 0.885. The van der Waals surface area contributed by atoms with Gasteiger partial charge in [0.2, 0.25) is 11.8 Å². The number of likely N-dealkylation sites (tertiary alicyclic amines) is 1. The van der Waals surface area contributed by atoms with Gasteiger partial charge in [-0.2, -0.15) is 13.2 Å². The van der Waals surface area contributed by atoms with Gasteiger partial charge in [-0.05, 0) is 24.5 Å². The second-order valence-corrected chi connectivity index (χ2v) is 6.95. The van der Waals surface area contributed by atoms with E-state index in [1.807, 2.05) is 47.4 Å². The van der Waals surface area contributed by atoms with Crippen molar-refractivity contribution in [3.05, 3.63) is 36.0 Å². The molecule has 0 atom stereocenters.